The zero-order chi connectivity index (χ0) is 17.3. The Balaban J connectivity index is 1.40. The summed E-state index contributed by atoms with van der Waals surface area (Å²) in [4.78, 5) is 2.56. The van der Waals surface area contributed by atoms with Gasteiger partial charge in [0.05, 0.1) is 5.60 Å². The van der Waals surface area contributed by atoms with Crippen LogP contribution in [0.3, 0.4) is 0 Å². The van der Waals surface area contributed by atoms with E-state index in [0.717, 1.165) is 50.1 Å². The molecule has 3 heteroatoms. The van der Waals surface area contributed by atoms with Gasteiger partial charge in [0, 0.05) is 30.6 Å². The number of benzene rings is 2. The van der Waals surface area contributed by atoms with Gasteiger partial charge in [-0.15, -0.1) is 0 Å². The molecule has 0 amide bonds. The van der Waals surface area contributed by atoms with Crippen molar-refractivity contribution < 1.29 is 5.11 Å². The van der Waals surface area contributed by atoms with Gasteiger partial charge >= 0.3 is 0 Å². The maximum atomic E-state index is 11.5. The zero-order valence-electron chi connectivity index (χ0n) is 14.8. The lowest BCUT2D eigenvalue weighted by molar-refractivity contribution is -0.0897. The van der Waals surface area contributed by atoms with Crippen LogP contribution in [-0.4, -0.2) is 29.6 Å². The summed E-state index contributed by atoms with van der Waals surface area (Å²) in [5.74, 6) is 0.648. The van der Waals surface area contributed by atoms with Crippen LogP contribution in [0.25, 0.3) is 0 Å². The minimum Gasteiger partial charge on any atom is -0.399 e. The highest BCUT2D eigenvalue weighted by molar-refractivity contribution is 5.43. The van der Waals surface area contributed by atoms with Crippen LogP contribution in [-0.2, 0) is 12.0 Å². The summed E-state index contributed by atoms with van der Waals surface area (Å²) in [5.41, 5.74) is 8.45. The minimum absolute atomic E-state index is 0.324. The smallest absolute Gasteiger partial charge is 0.0977 e. The first-order valence-corrected chi connectivity index (χ1v) is 9.51. The third-order valence-corrected chi connectivity index (χ3v) is 6.20. The van der Waals surface area contributed by atoms with Crippen LogP contribution in [0.1, 0.15) is 30.4 Å². The first-order valence-electron chi connectivity index (χ1n) is 9.51. The molecule has 132 valence electrons. The van der Waals surface area contributed by atoms with Gasteiger partial charge in [0.2, 0.25) is 0 Å². The average molecular weight is 336 g/mol. The Morgan fingerprint density at radius 2 is 1.72 bits per heavy atom. The number of piperidine rings is 1. The number of nitrogens with zero attached hydrogens (tertiary/aromatic N) is 1. The van der Waals surface area contributed by atoms with Crippen LogP contribution >= 0.6 is 0 Å². The van der Waals surface area contributed by atoms with Crippen molar-refractivity contribution in [1.82, 2.24) is 4.90 Å². The minimum atomic E-state index is -0.689. The average Bonchev–Trinajstić information content (AvgIpc) is 2.81. The molecule has 0 radical (unpaired) electrons. The highest BCUT2D eigenvalue weighted by atomic mass is 16.3. The lowest BCUT2D eigenvalue weighted by atomic mass is 9.75. The molecule has 2 aromatic carbocycles. The topological polar surface area (TPSA) is 49.5 Å². The van der Waals surface area contributed by atoms with Crippen molar-refractivity contribution in [2.45, 2.75) is 31.3 Å². The van der Waals surface area contributed by atoms with E-state index >= 15 is 0 Å². The van der Waals surface area contributed by atoms with Gasteiger partial charge in [-0.2, -0.15) is 0 Å². The SMILES string of the molecule is Nc1cccc(C2(O)C3CCC2CN(CCCc2ccccc2)C3)c1. The molecule has 1 saturated carbocycles. The lowest BCUT2D eigenvalue weighted by Crippen LogP contribution is -2.52. The number of nitrogen functional groups attached to an aromatic ring is 1. The predicted octanol–water partition coefficient (Wildman–Crippen LogP) is 3.43. The Bertz CT molecular complexity index is 701. The van der Waals surface area contributed by atoms with E-state index in [1.54, 1.807) is 0 Å². The molecular formula is C22H28N2O. The summed E-state index contributed by atoms with van der Waals surface area (Å²) < 4.78 is 0. The number of hydrogen-bond donors (Lipinski definition) is 2. The Morgan fingerprint density at radius 1 is 1.00 bits per heavy atom. The molecule has 2 aromatic rings. The highest BCUT2D eigenvalue weighted by Gasteiger charge is 2.53. The molecule has 2 atom stereocenters. The summed E-state index contributed by atoms with van der Waals surface area (Å²) in [5, 5.41) is 11.5. The fourth-order valence-electron chi connectivity index (χ4n) is 4.93. The zero-order valence-corrected chi connectivity index (χ0v) is 14.8. The molecule has 1 aliphatic carbocycles. The Hall–Kier alpha value is -1.84. The number of likely N-dealkylation sites (tertiary alicyclic amines) is 1. The first-order chi connectivity index (χ1) is 12.2. The van der Waals surface area contributed by atoms with E-state index in [1.165, 1.54) is 12.0 Å². The summed E-state index contributed by atoms with van der Waals surface area (Å²) >= 11 is 0. The normalized spacial score (nSPS) is 29.0. The summed E-state index contributed by atoms with van der Waals surface area (Å²) in [7, 11) is 0. The predicted molar refractivity (Wildman–Crippen MR) is 102 cm³/mol. The maximum Gasteiger partial charge on any atom is 0.0977 e. The number of fused-ring (bicyclic) bond motifs is 2. The van der Waals surface area contributed by atoms with Crippen molar-refractivity contribution in [3.63, 3.8) is 0 Å². The van der Waals surface area contributed by atoms with Crippen LogP contribution in [0.5, 0.6) is 0 Å². The molecule has 3 N–H and O–H groups in total. The number of aryl methyl sites for hydroxylation is 1. The second-order valence-corrected chi connectivity index (χ2v) is 7.77. The van der Waals surface area contributed by atoms with Gasteiger partial charge in [0.25, 0.3) is 0 Å². The van der Waals surface area contributed by atoms with Gasteiger partial charge in [-0.3, -0.25) is 0 Å². The molecule has 2 unspecified atom stereocenters. The molecule has 0 aromatic heterocycles. The van der Waals surface area contributed by atoms with Crippen LogP contribution in [0, 0.1) is 11.8 Å². The van der Waals surface area contributed by atoms with Crippen molar-refractivity contribution in [1.29, 1.82) is 0 Å². The second kappa shape index (κ2) is 6.81. The quantitative estimate of drug-likeness (QED) is 0.823. The van der Waals surface area contributed by atoms with E-state index in [2.05, 4.69) is 35.2 Å². The van der Waals surface area contributed by atoms with E-state index in [9.17, 15) is 5.11 Å². The number of nitrogens with two attached hydrogens (primary N) is 1. The van der Waals surface area contributed by atoms with Gasteiger partial charge in [0.15, 0.2) is 0 Å². The molecule has 1 heterocycles. The standard InChI is InChI=1S/C22H28N2O/c23-21-10-4-9-18(14-21)22(25)19-11-12-20(22)16-24(15-19)13-5-8-17-6-2-1-3-7-17/h1-4,6-7,9-10,14,19-20,25H,5,8,11-13,15-16,23H2. The Morgan fingerprint density at radius 3 is 2.40 bits per heavy atom. The molecule has 25 heavy (non-hydrogen) atoms. The summed E-state index contributed by atoms with van der Waals surface area (Å²) in [6, 6.07) is 18.6. The molecule has 2 bridgehead atoms. The monoisotopic (exact) mass is 336 g/mol. The van der Waals surface area contributed by atoms with Crippen molar-refractivity contribution in [3.8, 4) is 0 Å². The second-order valence-electron chi connectivity index (χ2n) is 7.77. The number of aliphatic hydroxyl groups is 1. The molecule has 1 saturated heterocycles. The van der Waals surface area contributed by atoms with Gasteiger partial charge in [-0.25, -0.2) is 0 Å². The van der Waals surface area contributed by atoms with Gasteiger partial charge in [-0.05, 0) is 55.5 Å². The molecule has 0 spiro atoms. The third kappa shape index (κ3) is 3.19. The number of anilines is 1. The van der Waals surface area contributed by atoms with Gasteiger partial charge in [0.1, 0.15) is 0 Å². The summed E-state index contributed by atoms with van der Waals surface area (Å²) in [6.45, 7) is 3.11. The van der Waals surface area contributed by atoms with Crippen molar-refractivity contribution in [2.24, 2.45) is 11.8 Å². The Kier molecular flexibility index (Phi) is 4.53. The van der Waals surface area contributed by atoms with Crippen molar-refractivity contribution in [3.05, 3.63) is 65.7 Å². The Labute approximate surface area is 150 Å². The fraction of sp³-hybridized carbons (Fsp3) is 0.455. The number of hydrogen-bond acceptors (Lipinski definition) is 3. The van der Waals surface area contributed by atoms with Gasteiger partial charge in [-0.1, -0.05) is 42.5 Å². The van der Waals surface area contributed by atoms with Gasteiger partial charge < -0.3 is 15.7 Å². The molecule has 2 fully saturated rings. The van der Waals surface area contributed by atoms with E-state index < -0.39 is 5.60 Å². The number of rotatable bonds is 5. The third-order valence-electron chi connectivity index (χ3n) is 6.20. The summed E-state index contributed by atoms with van der Waals surface area (Å²) in [6.07, 6.45) is 4.54. The first kappa shape index (κ1) is 16.6. The van der Waals surface area contributed by atoms with Crippen LogP contribution in [0.15, 0.2) is 54.6 Å². The fourth-order valence-corrected chi connectivity index (χ4v) is 4.93. The van der Waals surface area contributed by atoms with Crippen molar-refractivity contribution in [2.75, 3.05) is 25.4 Å². The van der Waals surface area contributed by atoms with E-state index in [-0.39, 0.29) is 0 Å². The van der Waals surface area contributed by atoms with E-state index in [1.807, 2.05) is 24.3 Å². The van der Waals surface area contributed by atoms with E-state index in [4.69, 9.17) is 5.73 Å². The van der Waals surface area contributed by atoms with Crippen LogP contribution in [0.4, 0.5) is 5.69 Å². The largest absolute Gasteiger partial charge is 0.399 e. The van der Waals surface area contributed by atoms with E-state index in [0.29, 0.717) is 11.8 Å². The maximum absolute atomic E-state index is 11.5. The molecule has 1 aliphatic heterocycles. The molecule has 3 nitrogen and oxygen atoms in total. The highest BCUT2D eigenvalue weighted by Crippen LogP contribution is 2.51. The molecule has 2 aliphatic rings. The van der Waals surface area contributed by atoms with Crippen LogP contribution in [0.2, 0.25) is 0 Å². The lowest BCUT2D eigenvalue weighted by Gasteiger charge is -2.45. The molecule has 4 rings (SSSR count). The van der Waals surface area contributed by atoms with Crippen molar-refractivity contribution >= 4 is 5.69 Å². The van der Waals surface area contributed by atoms with Crippen LogP contribution < -0.4 is 5.73 Å². The molecular weight excluding hydrogens is 308 g/mol.